The first kappa shape index (κ1) is 16.4. The topological polar surface area (TPSA) is 96.3 Å². The van der Waals surface area contributed by atoms with Crippen LogP contribution in [0.3, 0.4) is 0 Å². The largest absolute Gasteiger partial charge is 0.404 e. The number of nitrogens with one attached hydrogen (secondary N) is 2. The summed E-state index contributed by atoms with van der Waals surface area (Å²) in [5.74, 6) is -1.09. The molecule has 0 bridgehead atoms. The summed E-state index contributed by atoms with van der Waals surface area (Å²) >= 11 is 0. The zero-order valence-corrected chi connectivity index (χ0v) is 13.5. The number of nitrogens with zero attached hydrogens (tertiary/aromatic N) is 2. The third-order valence-corrected chi connectivity index (χ3v) is 3.91. The highest BCUT2D eigenvalue weighted by Gasteiger charge is 2.13. The lowest BCUT2D eigenvalue weighted by molar-refractivity contribution is 0.0959. The molecule has 0 saturated carbocycles. The molecule has 126 valence electrons. The second kappa shape index (κ2) is 6.56. The number of carbonyl (C=O) groups excluding carboxylic acids is 1. The van der Waals surface area contributed by atoms with Gasteiger partial charge in [0.1, 0.15) is 11.5 Å². The number of imidazole rings is 1. The second-order valence-corrected chi connectivity index (χ2v) is 5.33. The fraction of sp³-hybridized carbons (Fsp3) is 0.0556. The van der Waals surface area contributed by atoms with Crippen molar-refractivity contribution in [3.8, 4) is 11.3 Å². The zero-order valence-electron chi connectivity index (χ0n) is 13.5. The van der Waals surface area contributed by atoms with Gasteiger partial charge in [0.2, 0.25) is 0 Å². The predicted octanol–water partition coefficient (Wildman–Crippen LogP) is 2.45. The molecule has 0 aliphatic heterocycles. The first-order chi connectivity index (χ1) is 12.1. The maximum absolute atomic E-state index is 14.3. The van der Waals surface area contributed by atoms with Crippen molar-refractivity contribution in [2.45, 2.75) is 0 Å². The number of amides is 1. The van der Waals surface area contributed by atoms with Crippen molar-refractivity contribution in [3.05, 3.63) is 65.9 Å². The monoisotopic (exact) mass is 337 g/mol. The Kier molecular flexibility index (Phi) is 4.30. The molecule has 25 heavy (non-hydrogen) atoms. The average molecular weight is 337 g/mol. The van der Waals surface area contributed by atoms with E-state index < -0.39 is 11.7 Å². The number of halogens is 1. The van der Waals surface area contributed by atoms with Crippen LogP contribution in [0, 0.1) is 11.2 Å². The quantitative estimate of drug-likeness (QED) is 0.638. The van der Waals surface area contributed by atoms with E-state index >= 15 is 0 Å². The van der Waals surface area contributed by atoms with Crippen molar-refractivity contribution in [1.29, 1.82) is 5.41 Å². The Morgan fingerprint density at radius 2 is 2.16 bits per heavy atom. The van der Waals surface area contributed by atoms with Crippen molar-refractivity contribution in [1.82, 2.24) is 14.7 Å². The lowest BCUT2D eigenvalue weighted by atomic mass is 10.1. The molecule has 3 rings (SSSR count). The first-order valence-electron chi connectivity index (χ1n) is 7.51. The van der Waals surface area contributed by atoms with Crippen LogP contribution < -0.4 is 11.1 Å². The molecule has 6 nitrogen and oxygen atoms in total. The van der Waals surface area contributed by atoms with Crippen LogP contribution in [0.2, 0.25) is 0 Å². The summed E-state index contributed by atoms with van der Waals surface area (Å²) in [7, 11) is 1.45. The molecule has 7 heteroatoms. The molecule has 1 aromatic carbocycles. The van der Waals surface area contributed by atoms with Gasteiger partial charge in [0, 0.05) is 42.4 Å². The number of rotatable bonds is 4. The van der Waals surface area contributed by atoms with Crippen molar-refractivity contribution >= 4 is 23.3 Å². The average Bonchev–Trinajstić information content (AvgIpc) is 3.05. The van der Waals surface area contributed by atoms with E-state index in [0.29, 0.717) is 22.5 Å². The molecule has 0 unspecified atom stereocenters. The highest BCUT2D eigenvalue weighted by molar-refractivity contribution is 6.08. The summed E-state index contributed by atoms with van der Waals surface area (Å²) in [4.78, 5) is 15.9. The minimum atomic E-state index is -0.606. The molecule has 2 heterocycles. The molecular weight excluding hydrogens is 321 g/mol. The molecule has 0 saturated heterocycles. The van der Waals surface area contributed by atoms with Gasteiger partial charge in [-0.05, 0) is 24.3 Å². The Balaban J connectivity index is 2.13. The van der Waals surface area contributed by atoms with Gasteiger partial charge in [0.05, 0.1) is 17.5 Å². The number of benzene rings is 1. The van der Waals surface area contributed by atoms with Gasteiger partial charge in [-0.2, -0.15) is 0 Å². The SMILES string of the molecule is CNC(=O)c1ccc(-c2cnc3ccc(/C(C=N)=C/N)cn23)cc1F. The van der Waals surface area contributed by atoms with Gasteiger partial charge in [-0.15, -0.1) is 0 Å². The fourth-order valence-corrected chi connectivity index (χ4v) is 2.59. The van der Waals surface area contributed by atoms with Gasteiger partial charge in [0.15, 0.2) is 0 Å². The number of allylic oxidation sites excluding steroid dienone is 1. The van der Waals surface area contributed by atoms with Gasteiger partial charge in [-0.3, -0.25) is 9.20 Å². The van der Waals surface area contributed by atoms with E-state index in [1.165, 1.54) is 25.4 Å². The summed E-state index contributed by atoms with van der Waals surface area (Å²) in [5, 5.41) is 9.81. The van der Waals surface area contributed by atoms with Crippen molar-refractivity contribution in [2.24, 2.45) is 5.73 Å². The van der Waals surface area contributed by atoms with E-state index in [0.717, 1.165) is 11.8 Å². The maximum atomic E-state index is 14.3. The zero-order chi connectivity index (χ0) is 18.0. The Morgan fingerprint density at radius 1 is 1.36 bits per heavy atom. The third kappa shape index (κ3) is 2.87. The maximum Gasteiger partial charge on any atom is 0.253 e. The molecular formula is C18H16FN5O. The Hall–Kier alpha value is -3.48. The van der Waals surface area contributed by atoms with Crippen LogP contribution in [0.5, 0.6) is 0 Å². The molecule has 2 aromatic heterocycles. The van der Waals surface area contributed by atoms with Crippen LogP contribution in [0.1, 0.15) is 15.9 Å². The highest BCUT2D eigenvalue weighted by atomic mass is 19.1. The lowest BCUT2D eigenvalue weighted by Crippen LogP contribution is -2.19. The minimum absolute atomic E-state index is 0.0158. The molecule has 0 aliphatic rings. The fourth-order valence-electron chi connectivity index (χ4n) is 2.59. The van der Waals surface area contributed by atoms with Crippen LogP contribution in [0.15, 0.2) is 48.9 Å². The number of pyridine rings is 1. The molecule has 3 aromatic rings. The summed E-state index contributed by atoms with van der Waals surface area (Å²) in [6, 6.07) is 8.01. The van der Waals surface area contributed by atoms with Crippen molar-refractivity contribution in [3.63, 3.8) is 0 Å². The molecule has 0 atom stereocenters. The van der Waals surface area contributed by atoms with Gasteiger partial charge in [0.25, 0.3) is 5.91 Å². The van der Waals surface area contributed by atoms with Gasteiger partial charge in [-0.1, -0.05) is 6.07 Å². The Bertz CT molecular complexity index is 1010. The third-order valence-electron chi connectivity index (χ3n) is 3.91. The van der Waals surface area contributed by atoms with Crippen LogP contribution in [-0.4, -0.2) is 28.6 Å². The summed E-state index contributed by atoms with van der Waals surface area (Å²) in [6.45, 7) is 0. The molecule has 0 fully saturated rings. The number of hydrogen-bond donors (Lipinski definition) is 3. The van der Waals surface area contributed by atoms with Gasteiger partial charge < -0.3 is 16.5 Å². The minimum Gasteiger partial charge on any atom is -0.404 e. The molecule has 0 spiro atoms. The number of aromatic nitrogens is 2. The van der Waals surface area contributed by atoms with E-state index in [2.05, 4.69) is 10.3 Å². The Morgan fingerprint density at radius 3 is 2.80 bits per heavy atom. The smallest absolute Gasteiger partial charge is 0.253 e. The van der Waals surface area contributed by atoms with E-state index in [9.17, 15) is 9.18 Å². The van der Waals surface area contributed by atoms with Crippen LogP contribution >= 0.6 is 0 Å². The number of fused-ring (bicyclic) bond motifs is 1. The van der Waals surface area contributed by atoms with Gasteiger partial charge in [-0.25, -0.2) is 9.37 Å². The number of hydrogen-bond acceptors (Lipinski definition) is 4. The highest BCUT2D eigenvalue weighted by Crippen LogP contribution is 2.24. The van der Waals surface area contributed by atoms with Crippen molar-refractivity contribution < 1.29 is 9.18 Å². The van der Waals surface area contributed by atoms with Crippen LogP contribution in [0.4, 0.5) is 4.39 Å². The van der Waals surface area contributed by atoms with E-state index in [-0.39, 0.29) is 5.56 Å². The van der Waals surface area contributed by atoms with Crippen LogP contribution in [-0.2, 0) is 0 Å². The van der Waals surface area contributed by atoms with E-state index in [1.807, 2.05) is 6.07 Å². The number of carbonyl (C=O) groups is 1. The van der Waals surface area contributed by atoms with Crippen molar-refractivity contribution in [2.75, 3.05) is 7.05 Å². The van der Waals surface area contributed by atoms with Gasteiger partial charge >= 0.3 is 0 Å². The molecule has 1 amide bonds. The molecule has 0 radical (unpaired) electrons. The van der Waals surface area contributed by atoms with Crippen LogP contribution in [0.25, 0.3) is 22.5 Å². The molecule has 4 N–H and O–H groups in total. The summed E-state index contributed by atoms with van der Waals surface area (Å²) in [6.07, 6.45) is 5.92. The standard InChI is InChI=1S/C18H16FN5O/c1-22-18(25)14-4-2-11(6-15(14)19)16-9-23-17-5-3-12(10-24(16)17)13(7-20)8-21/h2-10,20H,21H2,1H3,(H,22,25)/b13-8+,20-7?. The second-order valence-electron chi connectivity index (χ2n) is 5.33. The van der Waals surface area contributed by atoms with E-state index in [1.54, 1.807) is 28.9 Å². The lowest BCUT2D eigenvalue weighted by Gasteiger charge is -2.07. The number of nitrogens with two attached hydrogens (primary N) is 1. The predicted molar refractivity (Wildman–Crippen MR) is 94.9 cm³/mol. The summed E-state index contributed by atoms with van der Waals surface area (Å²) in [5.41, 5.74) is 8.75. The molecule has 0 aliphatic carbocycles. The van der Waals surface area contributed by atoms with E-state index in [4.69, 9.17) is 11.1 Å². The normalized spacial score (nSPS) is 11.5. The Labute approximate surface area is 143 Å². The summed E-state index contributed by atoms with van der Waals surface area (Å²) < 4.78 is 16.0. The first-order valence-corrected chi connectivity index (χ1v) is 7.51.